The first-order valence-corrected chi connectivity index (χ1v) is 7.91. The van der Waals surface area contributed by atoms with Crippen molar-refractivity contribution in [2.24, 2.45) is 0 Å². The van der Waals surface area contributed by atoms with E-state index in [4.69, 9.17) is 11.6 Å². The fourth-order valence-electron chi connectivity index (χ4n) is 2.25. The highest BCUT2D eigenvalue weighted by Crippen LogP contribution is 2.19. The van der Waals surface area contributed by atoms with E-state index in [1.807, 2.05) is 0 Å². The van der Waals surface area contributed by atoms with Crippen LogP contribution in [0.1, 0.15) is 34.8 Å². The summed E-state index contributed by atoms with van der Waals surface area (Å²) in [5.41, 5.74) is -0.150. The molecule has 26 heavy (non-hydrogen) atoms. The molecule has 8 heteroatoms. The lowest BCUT2D eigenvalue weighted by Gasteiger charge is -2.15. The van der Waals surface area contributed by atoms with Crippen molar-refractivity contribution < 1.29 is 28.3 Å². The van der Waals surface area contributed by atoms with Gasteiger partial charge in [0.15, 0.2) is 11.8 Å². The Bertz CT molecular complexity index is 840. The van der Waals surface area contributed by atoms with Crippen molar-refractivity contribution >= 4 is 29.3 Å². The van der Waals surface area contributed by atoms with E-state index in [9.17, 15) is 28.3 Å². The molecular formula is C18H14ClF2NO4. The smallest absolute Gasteiger partial charge is 0.331 e. The van der Waals surface area contributed by atoms with Gasteiger partial charge >= 0.3 is 5.97 Å². The molecule has 2 aromatic rings. The number of ketones is 1. The van der Waals surface area contributed by atoms with Gasteiger partial charge in [-0.2, -0.15) is 0 Å². The predicted molar refractivity (Wildman–Crippen MR) is 89.9 cm³/mol. The number of hydrogen-bond donors (Lipinski definition) is 2. The van der Waals surface area contributed by atoms with Gasteiger partial charge in [0.2, 0.25) is 5.91 Å². The Morgan fingerprint density at radius 3 is 2.31 bits per heavy atom. The number of Topliss-reactive ketones (excluding diaryl/α,β-unsaturated/α-hetero) is 1. The van der Waals surface area contributed by atoms with E-state index in [0.29, 0.717) is 16.7 Å². The van der Waals surface area contributed by atoms with Crippen molar-refractivity contribution in [3.05, 3.63) is 70.2 Å². The second-order valence-electron chi connectivity index (χ2n) is 5.43. The van der Waals surface area contributed by atoms with Crippen LogP contribution in [0.15, 0.2) is 42.5 Å². The van der Waals surface area contributed by atoms with Crippen LogP contribution < -0.4 is 5.32 Å². The predicted octanol–water partition coefficient (Wildman–Crippen LogP) is 3.52. The van der Waals surface area contributed by atoms with Crippen molar-refractivity contribution in [3.8, 4) is 0 Å². The number of rotatable bonds is 7. The van der Waals surface area contributed by atoms with Crippen LogP contribution in [-0.4, -0.2) is 22.8 Å². The van der Waals surface area contributed by atoms with Crippen LogP contribution >= 0.6 is 11.6 Å². The quantitative estimate of drug-likeness (QED) is 0.719. The van der Waals surface area contributed by atoms with Gasteiger partial charge < -0.3 is 10.4 Å². The van der Waals surface area contributed by atoms with Crippen LogP contribution in [-0.2, 0) is 9.59 Å². The minimum atomic E-state index is -1.76. The largest absolute Gasteiger partial charge is 0.479 e. The van der Waals surface area contributed by atoms with Gasteiger partial charge in [0.25, 0.3) is 0 Å². The Morgan fingerprint density at radius 1 is 1.04 bits per heavy atom. The van der Waals surface area contributed by atoms with Crippen LogP contribution in [0.25, 0.3) is 0 Å². The van der Waals surface area contributed by atoms with E-state index in [1.54, 1.807) is 0 Å². The maximum atomic E-state index is 13.8. The summed E-state index contributed by atoms with van der Waals surface area (Å²) >= 11 is 5.72. The molecule has 0 radical (unpaired) electrons. The highest BCUT2D eigenvalue weighted by Gasteiger charge is 2.25. The zero-order chi connectivity index (χ0) is 19.3. The Hall–Kier alpha value is -2.80. The fraction of sp³-hybridized carbons (Fsp3) is 0.167. The summed E-state index contributed by atoms with van der Waals surface area (Å²) in [4.78, 5) is 35.3. The summed E-state index contributed by atoms with van der Waals surface area (Å²) in [6, 6.07) is 6.62. The van der Waals surface area contributed by atoms with E-state index < -0.39 is 35.1 Å². The van der Waals surface area contributed by atoms with Crippen LogP contribution in [0.5, 0.6) is 0 Å². The van der Waals surface area contributed by atoms with Crippen LogP contribution in [0, 0.1) is 11.6 Å². The second-order valence-corrected chi connectivity index (χ2v) is 5.87. The molecule has 2 aromatic carbocycles. The molecule has 0 fully saturated rings. The number of halogens is 3. The molecule has 1 atom stereocenters. The van der Waals surface area contributed by atoms with Crippen molar-refractivity contribution in [1.82, 2.24) is 5.32 Å². The average Bonchev–Trinajstić information content (AvgIpc) is 2.60. The Balaban J connectivity index is 2.02. The number of aliphatic carboxylic acids is 1. The lowest BCUT2D eigenvalue weighted by Crippen LogP contribution is -2.34. The summed E-state index contributed by atoms with van der Waals surface area (Å²) in [6.45, 7) is 0. The zero-order valence-electron chi connectivity index (χ0n) is 13.3. The second kappa shape index (κ2) is 8.53. The van der Waals surface area contributed by atoms with Gasteiger partial charge in [-0.05, 0) is 42.5 Å². The minimum absolute atomic E-state index is 0.175. The molecule has 0 aliphatic heterocycles. The molecule has 0 aliphatic carbocycles. The normalized spacial score (nSPS) is 11.7. The summed E-state index contributed by atoms with van der Waals surface area (Å²) in [6.07, 6.45) is -0.479. The number of carbonyl (C=O) groups excluding carboxylic acids is 2. The number of benzene rings is 2. The van der Waals surface area contributed by atoms with Crippen LogP contribution in [0.3, 0.4) is 0 Å². The molecule has 1 amide bonds. The fourth-order valence-corrected chi connectivity index (χ4v) is 2.37. The molecule has 136 valence electrons. The molecule has 0 aliphatic rings. The molecule has 1 unspecified atom stereocenters. The topological polar surface area (TPSA) is 83.5 Å². The van der Waals surface area contributed by atoms with Crippen molar-refractivity contribution in [1.29, 1.82) is 0 Å². The summed E-state index contributed by atoms with van der Waals surface area (Å²) in [5.74, 6) is -4.45. The van der Waals surface area contributed by atoms with Crippen LogP contribution in [0.4, 0.5) is 8.78 Å². The van der Waals surface area contributed by atoms with E-state index in [-0.39, 0.29) is 18.6 Å². The highest BCUT2D eigenvalue weighted by molar-refractivity contribution is 6.30. The molecule has 0 spiro atoms. The molecular weight excluding hydrogens is 368 g/mol. The summed E-state index contributed by atoms with van der Waals surface area (Å²) in [7, 11) is 0. The van der Waals surface area contributed by atoms with Gasteiger partial charge in [-0.1, -0.05) is 11.6 Å². The molecule has 2 rings (SSSR count). The zero-order valence-corrected chi connectivity index (χ0v) is 14.1. The standard InChI is InChI=1S/C18H14ClF2NO4/c19-11-3-1-10(2-4-11)15(23)7-8-16(24)22-17(18(25)26)13-9-12(20)5-6-14(13)21/h1-6,9,17H,7-8H2,(H,22,24)(H,25,26). The maximum absolute atomic E-state index is 13.8. The monoisotopic (exact) mass is 381 g/mol. The van der Waals surface area contributed by atoms with E-state index >= 15 is 0 Å². The third kappa shape index (κ3) is 5.10. The van der Waals surface area contributed by atoms with Gasteiger partial charge in [0.05, 0.1) is 0 Å². The maximum Gasteiger partial charge on any atom is 0.331 e. The number of hydrogen-bond acceptors (Lipinski definition) is 3. The van der Waals surface area contributed by atoms with Crippen LogP contribution in [0.2, 0.25) is 5.02 Å². The van der Waals surface area contributed by atoms with Gasteiger partial charge in [-0.3, -0.25) is 9.59 Å². The van der Waals surface area contributed by atoms with E-state index in [1.165, 1.54) is 24.3 Å². The Labute approximate surface area is 152 Å². The number of carbonyl (C=O) groups is 3. The average molecular weight is 382 g/mol. The Morgan fingerprint density at radius 2 is 1.69 bits per heavy atom. The molecule has 0 aromatic heterocycles. The third-order valence-corrected chi connectivity index (χ3v) is 3.82. The number of carboxylic acid groups (broad SMARTS) is 1. The molecule has 2 N–H and O–H groups in total. The van der Waals surface area contributed by atoms with Gasteiger partial charge in [0.1, 0.15) is 11.6 Å². The minimum Gasteiger partial charge on any atom is -0.479 e. The summed E-state index contributed by atoms with van der Waals surface area (Å²) in [5, 5.41) is 11.7. The molecule has 5 nitrogen and oxygen atoms in total. The number of amides is 1. The molecule has 0 heterocycles. The first-order valence-electron chi connectivity index (χ1n) is 7.54. The Kier molecular flexibility index (Phi) is 6.41. The number of nitrogens with one attached hydrogen (secondary N) is 1. The molecule has 0 saturated heterocycles. The summed E-state index contributed by atoms with van der Waals surface area (Å²) < 4.78 is 27.0. The van der Waals surface area contributed by atoms with Gasteiger partial charge in [0, 0.05) is 29.0 Å². The first kappa shape index (κ1) is 19.5. The van der Waals surface area contributed by atoms with Gasteiger partial charge in [-0.15, -0.1) is 0 Å². The third-order valence-electron chi connectivity index (χ3n) is 3.57. The van der Waals surface area contributed by atoms with E-state index in [0.717, 1.165) is 12.1 Å². The van der Waals surface area contributed by atoms with Crippen molar-refractivity contribution in [2.45, 2.75) is 18.9 Å². The number of carboxylic acids is 1. The van der Waals surface area contributed by atoms with Gasteiger partial charge in [-0.25, -0.2) is 13.6 Å². The molecule has 0 saturated carbocycles. The first-order chi connectivity index (χ1) is 12.3. The van der Waals surface area contributed by atoms with Crippen molar-refractivity contribution in [2.75, 3.05) is 0 Å². The van der Waals surface area contributed by atoms with Crippen molar-refractivity contribution in [3.63, 3.8) is 0 Å². The van der Waals surface area contributed by atoms with E-state index in [2.05, 4.69) is 5.32 Å². The lowest BCUT2D eigenvalue weighted by atomic mass is 10.0. The SMILES string of the molecule is O=C(CCC(=O)c1ccc(Cl)cc1)NC(C(=O)O)c1cc(F)ccc1F. The lowest BCUT2D eigenvalue weighted by molar-refractivity contribution is -0.142. The molecule has 0 bridgehead atoms. The highest BCUT2D eigenvalue weighted by atomic mass is 35.5.